The van der Waals surface area contributed by atoms with Crippen LogP contribution in [0.4, 0.5) is 4.39 Å². The van der Waals surface area contributed by atoms with Crippen LogP contribution in [0.2, 0.25) is 0 Å². The van der Waals surface area contributed by atoms with Gasteiger partial charge in [-0.1, -0.05) is 24.3 Å². The fraction of sp³-hybridized carbons (Fsp3) is 0.211. The molecule has 124 valence electrons. The zero-order valence-corrected chi connectivity index (χ0v) is 13.4. The minimum atomic E-state index is -0.441. The molecule has 0 spiro atoms. The number of benzene rings is 2. The van der Waals surface area contributed by atoms with Gasteiger partial charge in [-0.05, 0) is 29.3 Å². The zero-order chi connectivity index (χ0) is 17.1. The van der Waals surface area contributed by atoms with Crippen molar-refractivity contribution in [2.24, 2.45) is 7.05 Å². The van der Waals surface area contributed by atoms with E-state index in [1.54, 1.807) is 12.1 Å². The maximum absolute atomic E-state index is 13.4. The minimum Gasteiger partial charge on any atom is -0.392 e. The number of fused-ring (bicyclic) bond motifs is 1. The first-order valence-electron chi connectivity index (χ1n) is 7.76. The van der Waals surface area contributed by atoms with Gasteiger partial charge >= 0.3 is 0 Å². The van der Waals surface area contributed by atoms with Crippen molar-refractivity contribution in [2.45, 2.75) is 19.6 Å². The molecule has 24 heavy (non-hydrogen) atoms. The fourth-order valence-electron chi connectivity index (χ4n) is 2.86. The number of aliphatic hydroxyl groups is 1. The van der Waals surface area contributed by atoms with Crippen molar-refractivity contribution in [3.63, 3.8) is 0 Å². The molecule has 0 saturated carbocycles. The van der Waals surface area contributed by atoms with Crippen molar-refractivity contribution in [3.8, 4) is 0 Å². The number of carbonyl (C=O) groups excluding carboxylic acids is 1. The van der Waals surface area contributed by atoms with E-state index in [0.717, 1.165) is 22.0 Å². The van der Waals surface area contributed by atoms with Crippen LogP contribution >= 0.6 is 0 Å². The van der Waals surface area contributed by atoms with E-state index in [9.17, 15) is 9.18 Å². The molecule has 0 radical (unpaired) electrons. The number of carbonyl (C=O) groups is 1. The van der Waals surface area contributed by atoms with Crippen LogP contribution in [-0.2, 0) is 31.4 Å². The Morgan fingerprint density at radius 2 is 2.00 bits per heavy atom. The lowest BCUT2D eigenvalue weighted by molar-refractivity contribution is -0.120. The predicted molar refractivity (Wildman–Crippen MR) is 90.8 cm³/mol. The SMILES string of the molecule is Cn1cc(CC(=O)NCc2ccc(F)c(CO)c2)c2ccccc21. The Balaban J connectivity index is 1.67. The van der Waals surface area contributed by atoms with E-state index in [1.165, 1.54) is 6.07 Å². The molecule has 0 fully saturated rings. The minimum absolute atomic E-state index is 0.0961. The van der Waals surface area contributed by atoms with E-state index < -0.39 is 5.82 Å². The monoisotopic (exact) mass is 326 g/mol. The van der Waals surface area contributed by atoms with Gasteiger partial charge in [0.05, 0.1) is 13.0 Å². The molecule has 1 aromatic heterocycles. The third-order valence-corrected chi connectivity index (χ3v) is 4.10. The number of aryl methyl sites for hydroxylation is 1. The van der Waals surface area contributed by atoms with Gasteiger partial charge in [0.25, 0.3) is 0 Å². The first-order chi connectivity index (χ1) is 11.6. The van der Waals surface area contributed by atoms with Gasteiger partial charge in [-0.3, -0.25) is 4.79 Å². The molecule has 0 atom stereocenters. The molecule has 3 aromatic rings. The highest BCUT2D eigenvalue weighted by Crippen LogP contribution is 2.20. The van der Waals surface area contributed by atoms with Gasteiger partial charge in [0.15, 0.2) is 0 Å². The van der Waals surface area contributed by atoms with Crippen molar-refractivity contribution in [2.75, 3.05) is 0 Å². The van der Waals surface area contributed by atoms with Gasteiger partial charge in [-0.25, -0.2) is 4.39 Å². The third-order valence-electron chi connectivity index (χ3n) is 4.10. The summed E-state index contributed by atoms with van der Waals surface area (Å²) in [7, 11) is 1.96. The summed E-state index contributed by atoms with van der Waals surface area (Å²) in [5, 5.41) is 13.0. The highest BCUT2D eigenvalue weighted by atomic mass is 19.1. The van der Waals surface area contributed by atoms with Crippen molar-refractivity contribution in [1.29, 1.82) is 0 Å². The average Bonchev–Trinajstić information content (AvgIpc) is 2.90. The quantitative estimate of drug-likeness (QED) is 0.757. The number of para-hydroxylation sites is 1. The molecule has 0 aliphatic heterocycles. The Labute approximate surface area is 139 Å². The third kappa shape index (κ3) is 3.31. The van der Waals surface area contributed by atoms with E-state index in [-0.39, 0.29) is 24.5 Å². The Bertz CT molecular complexity index is 886. The van der Waals surface area contributed by atoms with Crippen molar-refractivity contribution in [1.82, 2.24) is 9.88 Å². The zero-order valence-electron chi connectivity index (χ0n) is 13.4. The van der Waals surface area contributed by atoms with Crippen LogP contribution in [0.25, 0.3) is 10.9 Å². The van der Waals surface area contributed by atoms with E-state index in [4.69, 9.17) is 5.11 Å². The summed E-state index contributed by atoms with van der Waals surface area (Å²) in [6, 6.07) is 12.4. The number of aliphatic hydroxyl groups excluding tert-OH is 1. The molecular weight excluding hydrogens is 307 g/mol. The lowest BCUT2D eigenvalue weighted by Crippen LogP contribution is -2.24. The molecule has 2 aromatic carbocycles. The molecule has 3 rings (SSSR count). The van der Waals surface area contributed by atoms with Gasteiger partial charge in [-0.15, -0.1) is 0 Å². The Kier molecular flexibility index (Phi) is 4.62. The molecule has 5 heteroatoms. The van der Waals surface area contributed by atoms with Gasteiger partial charge in [0.2, 0.25) is 5.91 Å². The van der Waals surface area contributed by atoms with Crippen LogP contribution in [-0.4, -0.2) is 15.6 Å². The molecule has 0 aliphatic carbocycles. The number of halogens is 1. The van der Waals surface area contributed by atoms with Crippen molar-refractivity contribution in [3.05, 3.63) is 71.2 Å². The van der Waals surface area contributed by atoms with Crippen LogP contribution in [0.3, 0.4) is 0 Å². The highest BCUT2D eigenvalue weighted by molar-refractivity contribution is 5.89. The van der Waals surface area contributed by atoms with Crippen LogP contribution in [0.15, 0.2) is 48.7 Å². The molecule has 0 bridgehead atoms. The number of rotatable bonds is 5. The lowest BCUT2D eigenvalue weighted by atomic mass is 10.1. The number of aromatic nitrogens is 1. The van der Waals surface area contributed by atoms with Crippen LogP contribution in [0.1, 0.15) is 16.7 Å². The van der Waals surface area contributed by atoms with Crippen molar-refractivity contribution >= 4 is 16.8 Å². The maximum atomic E-state index is 13.4. The van der Waals surface area contributed by atoms with E-state index >= 15 is 0 Å². The fourth-order valence-corrected chi connectivity index (χ4v) is 2.86. The summed E-state index contributed by atoms with van der Waals surface area (Å²) in [6.07, 6.45) is 2.25. The Hall–Kier alpha value is -2.66. The molecule has 0 unspecified atom stereocenters. The second-order valence-corrected chi connectivity index (χ2v) is 5.82. The van der Waals surface area contributed by atoms with E-state index in [0.29, 0.717) is 6.54 Å². The molecule has 0 aliphatic rings. The first-order valence-corrected chi connectivity index (χ1v) is 7.76. The van der Waals surface area contributed by atoms with Crippen LogP contribution in [0.5, 0.6) is 0 Å². The van der Waals surface area contributed by atoms with Crippen LogP contribution in [0, 0.1) is 5.82 Å². The summed E-state index contributed by atoms with van der Waals surface area (Å²) in [5.74, 6) is -0.537. The number of hydrogen-bond acceptors (Lipinski definition) is 2. The molecule has 4 nitrogen and oxygen atoms in total. The molecule has 1 amide bonds. The van der Waals surface area contributed by atoms with Gasteiger partial charge in [0.1, 0.15) is 5.82 Å². The largest absolute Gasteiger partial charge is 0.392 e. The second kappa shape index (κ2) is 6.84. The standard InChI is InChI=1S/C19H19FN2O2/c1-22-11-14(16-4-2-3-5-18(16)22)9-19(24)21-10-13-6-7-17(20)15(8-13)12-23/h2-8,11,23H,9-10,12H2,1H3,(H,21,24). The molecule has 0 saturated heterocycles. The number of amides is 1. The summed E-state index contributed by atoms with van der Waals surface area (Å²) in [6.45, 7) is -0.0551. The maximum Gasteiger partial charge on any atom is 0.224 e. The number of nitrogens with zero attached hydrogens (tertiary/aromatic N) is 1. The lowest BCUT2D eigenvalue weighted by Gasteiger charge is -2.07. The molecular formula is C19H19FN2O2. The second-order valence-electron chi connectivity index (χ2n) is 5.82. The number of hydrogen-bond donors (Lipinski definition) is 2. The highest BCUT2D eigenvalue weighted by Gasteiger charge is 2.10. The topological polar surface area (TPSA) is 54.3 Å². The van der Waals surface area contributed by atoms with Gasteiger partial charge in [-0.2, -0.15) is 0 Å². The first kappa shape index (κ1) is 16.2. The summed E-state index contributed by atoms with van der Waals surface area (Å²) < 4.78 is 15.4. The summed E-state index contributed by atoms with van der Waals surface area (Å²) in [4.78, 5) is 12.2. The van der Waals surface area contributed by atoms with E-state index in [2.05, 4.69) is 5.32 Å². The van der Waals surface area contributed by atoms with Crippen LogP contribution < -0.4 is 5.32 Å². The summed E-state index contributed by atoms with van der Waals surface area (Å²) in [5.41, 5.74) is 3.05. The molecule has 2 N–H and O–H groups in total. The molecule has 1 heterocycles. The van der Waals surface area contributed by atoms with Gasteiger partial charge in [0, 0.05) is 36.3 Å². The Morgan fingerprint density at radius 1 is 1.21 bits per heavy atom. The smallest absolute Gasteiger partial charge is 0.224 e. The normalized spacial score (nSPS) is 11.0. The predicted octanol–water partition coefficient (Wildman–Crippen LogP) is 2.67. The van der Waals surface area contributed by atoms with Gasteiger partial charge < -0.3 is 15.0 Å². The van der Waals surface area contributed by atoms with E-state index in [1.807, 2.05) is 42.1 Å². The Morgan fingerprint density at radius 3 is 2.79 bits per heavy atom. The average molecular weight is 326 g/mol. The number of nitrogens with one attached hydrogen (secondary N) is 1. The van der Waals surface area contributed by atoms with Crippen molar-refractivity contribution < 1.29 is 14.3 Å². The summed E-state index contributed by atoms with van der Waals surface area (Å²) >= 11 is 0.